The highest BCUT2D eigenvalue weighted by Crippen LogP contribution is 2.43. The Bertz CT molecular complexity index is 813. The number of fused-ring (bicyclic) bond motifs is 1. The van der Waals surface area contributed by atoms with E-state index in [0.29, 0.717) is 26.3 Å². The molecule has 3 aliphatic rings. The minimum Gasteiger partial charge on any atom is -0.349 e. The molecule has 0 radical (unpaired) electrons. The number of amides is 2. The third-order valence-corrected chi connectivity index (χ3v) is 7.17. The van der Waals surface area contributed by atoms with Crippen molar-refractivity contribution < 1.29 is 14.3 Å². The standard InChI is InChI=1S/C22H24N2O3S/c25-22-23(13-16-7-3-1-4-8-16)18-15-28-20(21-26-11-12-27-21)19(18)24(22)14-17-9-5-2-6-10-17/h1-10,18-21H,11-15H2/t18-,19-,20-/m0/s1. The molecule has 2 amide bonds. The zero-order valence-electron chi connectivity index (χ0n) is 15.6. The SMILES string of the molecule is O=C1N(Cc2ccccc2)[C@@H]2[C@@H](C3OCCO3)SC[C@@H]2N1Cc1ccccc1. The second kappa shape index (κ2) is 7.78. The van der Waals surface area contributed by atoms with E-state index in [1.165, 1.54) is 0 Å². The summed E-state index contributed by atoms with van der Waals surface area (Å²) in [7, 11) is 0. The molecule has 6 heteroatoms. The van der Waals surface area contributed by atoms with Crippen LogP contribution in [0.3, 0.4) is 0 Å². The Labute approximate surface area is 169 Å². The van der Waals surface area contributed by atoms with Crippen molar-refractivity contribution in [3.63, 3.8) is 0 Å². The van der Waals surface area contributed by atoms with Gasteiger partial charge in [0.2, 0.25) is 0 Å². The number of carbonyl (C=O) groups is 1. The van der Waals surface area contributed by atoms with Crippen LogP contribution in [0, 0.1) is 0 Å². The number of thioether (sulfide) groups is 1. The second-order valence-electron chi connectivity index (χ2n) is 7.48. The number of ether oxygens (including phenoxy) is 2. The van der Waals surface area contributed by atoms with Gasteiger partial charge in [-0.25, -0.2) is 4.79 Å². The lowest BCUT2D eigenvalue weighted by Crippen LogP contribution is -2.45. The summed E-state index contributed by atoms with van der Waals surface area (Å²) >= 11 is 1.88. The molecule has 3 heterocycles. The fraction of sp³-hybridized carbons (Fsp3) is 0.409. The summed E-state index contributed by atoms with van der Waals surface area (Å²) in [5.41, 5.74) is 2.32. The fourth-order valence-corrected chi connectivity index (χ4v) is 6.08. The van der Waals surface area contributed by atoms with Crippen LogP contribution in [-0.4, -0.2) is 58.4 Å². The lowest BCUT2D eigenvalue weighted by atomic mass is 10.0. The van der Waals surface area contributed by atoms with Crippen LogP contribution in [0.25, 0.3) is 0 Å². The van der Waals surface area contributed by atoms with Crippen molar-refractivity contribution in [1.29, 1.82) is 0 Å². The molecule has 3 aliphatic heterocycles. The van der Waals surface area contributed by atoms with Crippen LogP contribution in [0.4, 0.5) is 4.79 Å². The Morgan fingerprint density at radius 2 is 1.43 bits per heavy atom. The topological polar surface area (TPSA) is 42.0 Å². The van der Waals surface area contributed by atoms with Gasteiger partial charge in [0.25, 0.3) is 0 Å². The summed E-state index contributed by atoms with van der Waals surface area (Å²) in [6.07, 6.45) is -0.220. The van der Waals surface area contributed by atoms with Gasteiger partial charge in [-0.05, 0) is 11.1 Å². The molecule has 0 bridgehead atoms. The predicted octanol–water partition coefficient (Wildman–Crippen LogP) is 3.35. The number of hydrogen-bond donors (Lipinski definition) is 0. The van der Waals surface area contributed by atoms with Crippen LogP contribution < -0.4 is 0 Å². The molecule has 0 aromatic heterocycles. The molecule has 0 unspecified atom stereocenters. The summed E-state index contributed by atoms with van der Waals surface area (Å²) in [5.74, 6) is 0.919. The molecule has 2 aromatic carbocycles. The van der Waals surface area contributed by atoms with Crippen LogP contribution in [-0.2, 0) is 22.6 Å². The zero-order chi connectivity index (χ0) is 18.9. The van der Waals surface area contributed by atoms with Crippen molar-refractivity contribution in [2.24, 2.45) is 0 Å². The van der Waals surface area contributed by atoms with Crippen LogP contribution in [0.15, 0.2) is 60.7 Å². The van der Waals surface area contributed by atoms with Gasteiger partial charge >= 0.3 is 6.03 Å². The van der Waals surface area contributed by atoms with E-state index in [-0.39, 0.29) is 29.7 Å². The minimum atomic E-state index is -0.220. The number of nitrogens with zero attached hydrogens (tertiary/aromatic N) is 2. The Balaban J connectivity index is 1.44. The van der Waals surface area contributed by atoms with Gasteiger partial charge in [0.05, 0.1) is 30.5 Å². The second-order valence-corrected chi connectivity index (χ2v) is 8.69. The van der Waals surface area contributed by atoms with Crippen molar-refractivity contribution in [3.8, 4) is 0 Å². The maximum Gasteiger partial charge on any atom is 0.321 e. The number of carbonyl (C=O) groups excluding carboxylic acids is 1. The number of hydrogen-bond acceptors (Lipinski definition) is 4. The van der Waals surface area contributed by atoms with E-state index in [9.17, 15) is 4.79 Å². The van der Waals surface area contributed by atoms with E-state index in [2.05, 4.69) is 24.3 Å². The van der Waals surface area contributed by atoms with E-state index in [1.807, 2.05) is 58.0 Å². The van der Waals surface area contributed by atoms with Crippen molar-refractivity contribution in [3.05, 3.63) is 71.8 Å². The quantitative estimate of drug-likeness (QED) is 0.727. The van der Waals surface area contributed by atoms with E-state index < -0.39 is 0 Å². The highest BCUT2D eigenvalue weighted by molar-refractivity contribution is 8.00. The molecule has 2 aromatic rings. The van der Waals surface area contributed by atoms with Crippen molar-refractivity contribution >= 4 is 17.8 Å². The number of urea groups is 1. The van der Waals surface area contributed by atoms with E-state index in [4.69, 9.17) is 9.47 Å². The normalized spacial score (nSPS) is 27.6. The highest BCUT2D eigenvalue weighted by atomic mass is 32.2. The lowest BCUT2D eigenvalue weighted by Gasteiger charge is -2.29. The largest absolute Gasteiger partial charge is 0.349 e. The molecule has 3 fully saturated rings. The van der Waals surface area contributed by atoms with Gasteiger partial charge in [-0.2, -0.15) is 0 Å². The molecule has 0 saturated carbocycles. The summed E-state index contributed by atoms with van der Waals surface area (Å²) in [5, 5.41) is 0.154. The van der Waals surface area contributed by atoms with Gasteiger partial charge in [0, 0.05) is 18.8 Å². The summed E-state index contributed by atoms with van der Waals surface area (Å²) in [6.45, 7) is 2.54. The van der Waals surface area contributed by atoms with Crippen molar-refractivity contribution in [2.45, 2.75) is 36.7 Å². The Morgan fingerprint density at radius 3 is 2.04 bits per heavy atom. The maximum atomic E-state index is 13.4. The van der Waals surface area contributed by atoms with Crippen LogP contribution in [0.5, 0.6) is 0 Å². The Morgan fingerprint density at radius 1 is 0.857 bits per heavy atom. The third kappa shape index (κ3) is 3.30. The molecule has 28 heavy (non-hydrogen) atoms. The van der Waals surface area contributed by atoms with E-state index in [0.717, 1.165) is 16.9 Å². The first-order valence-electron chi connectivity index (χ1n) is 9.81. The molecular formula is C22H24N2O3S. The van der Waals surface area contributed by atoms with Crippen molar-refractivity contribution in [2.75, 3.05) is 19.0 Å². The number of rotatable bonds is 5. The molecular weight excluding hydrogens is 372 g/mol. The van der Waals surface area contributed by atoms with E-state index in [1.54, 1.807) is 0 Å². The molecule has 0 N–H and O–H groups in total. The predicted molar refractivity (Wildman–Crippen MR) is 109 cm³/mol. The van der Waals surface area contributed by atoms with Crippen LogP contribution >= 0.6 is 11.8 Å². The number of benzene rings is 2. The summed E-state index contributed by atoms with van der Waals surface area (Å²) < 4.78 is 11.7. The highest BCUT2D eigenvalue weighted by Gasteiger charge is 2.55. The molecule has 0 aliphatic carbocycles. The van der Waals surface area contributed by atoms with Crippen LogP contribution in [0.1, 0.15) is 11.1 Å². The fourth-order valence-electron chi connectivity index (χ4n) is 4.44. The first-order chi connectivity index (χ1) is 13.8. The first kappa shape index (κ1) is 18.0. The zero-order valence-corrected chi connectivity index (χ0v) is 16.5. The van der Waals surface area contributed by atoms with Gasteiger partial charge in [-0.1, -0.05) is 60.7 Å². The molecule has 5 rings (SSSR count). The maximum absolute atomic E-state index is 13.4. The van der Waals surface area contributed by atoms with E-state index >= 15 is 0 Å². The molecule has 5 nitrogen and oxygen atoms in total. The summed E-state index contributed by atoms with van der Waals surface area (Å²) in [4.78, 5) is 17.5. The molecule has 146 valence electrons. The third-order valence-electron chi connectivity index (χ3n) is 5.75. The smallest absolute Gasteiger partial charge is 0.321 e. The average Bonchev–Trinajstić information content (AvgIpc) is 3.45. The monoisotopic (exact) mass is 396 g/mol. The van der Waals surface area contributed by atoms with Gasteiger partial charge in [0.15, 0.2) is 6.29 Å². The van der Waals surface area contributed by atoms with Gasteiger partial charge in [0.1, 0.15) is 0 Å². The molecule has 3 atom stereocenters. The van der Waals surface area contributed by atoms with Gasteiger partial charge in [-0.3, -0.25) is 0 Å². The Hall–Kier alpha value is -2.02. The van der Waals surface area contributed by atoms with Crippen molar-refractivity contribution in [1.82, 2.24) is 9.80 Å². The van der Waals surface area contributed by atoms with Crippen LogP contribution in [0.2, 0.25) is 0 Å². The first-order valence-corrected chi connectivity index (χ1v) is 10.9. The molecule has 0 spiro atoms. The van der Waals surface area contributed by atoms with Gasteiger partial charge < -0.3 is 19.3 Å². The summed E-state index contributed by atoms with van der Waals surface area (Å²) in [6, 6.07) is 20.9. The minimum absolute atomic E-state index is 0.101. The average molecular weight is 397 g/mol. The molecule has 3 saturated heterocycles. The lowest BCUT2D eigenvalue weighted by molar-refractivity contribution is -0.0522. The van der Waals surface area contributed by atoms with Gasteiger partial charge in [-0.15, -0.1) is 11.8 Å². The Kier molecular flexibility index (Phi) is 5.01.